The summed E-state index contributed by atoms with van der Waals surface area (Å²) in [6.45, 7) is 0.345. The van der Waals surface area contributed by atoms with E-state index in [0.717, 1.165) is 5.56 Å². The van der Waals surface area contributed by atoms with Crippen molar-refractivity contribution in [2.45, 2.75) is 12.3 Å². The van der Waals surface area contributed by atoms with Crippen molar-refractivity contribution in [1.82, 2.24) is 10.6 Å². The minimum absolute atomic E-state index is 0.209. The largest absolute Gasteiger partial charge is 0.497 e. The van der Waals surface area contributed by atoms with Crippen LogP contribution in [0.3, 0.4) is 0 Å². The Kier molecular flexibility index (Phi) is 6.98. The number of aliphatic imine (C=N–C) groups is 1. The molecule has 0 aromatic heterocycles. The Balaban J connectivity index is 1.61. The van der Waals surface area contributed by atoms with Crippen LogP contribution in [0, 0.1) is 5.82 Å². The molecule has 0 bridgehead atoms. The van der Waals surface area contributed by atoms with Gasteiger partial charge in [0.05, 0.1) is 14.2 Å². The number of carbonyl (C=O) groups is 1. The molecule has 3 aromatic rings. The highest BCUT2D eigenvalue weighted by atomic mass is 19.1. The van der Waals surface area contributed by atoms with Gasteiger partial charge in [0.25, 0.3) is 5.91 Å². The second-order valence-electron chi connectivity index (χ2n) is 7.67. The summed E-state index contributed by atoms with van der Waals surface area (Å²) in [5, 5.41) is 6.50. The number of benzene rings is 3. The number of hydrogen-bond acceptors (Lipinski definition) is 7. The number of methoxy groups -OCH3 is 2. The molecule has 8 nitrogen and oxygen atoms in total. The van der Waals surface area contributed by atoms with Gasteiger partial charge in [-0.1, -0.05) is 6.07 Å². The Morgan fingerprint density at radius 1 is 1.00 bits per heavy atom. The van der Waals surface area contributed by atoms with Gasteiger partial charge in [0.15, 0.2) is 0 Å². The highest BCUT2D eigenvalue weighted by molar-refractivity contribution is 5.96. The number of carbonyl (C=O) groups excluding carboxylic acids is 1. The van der Waals surface area contributed by atoms with E-state index in [9.17, 15) is 9.18 Å². The number of halogens is 1. The monoisotopic (exact) mass is 476 g/mol. The van der Waals surface area contributed by atoms with Gasteiger partial charge >= 0.3 is 0 Å². The molecule has 180 valence electrons. The highest BCUT2D eigenvalue weighted by Crippen LogP contribution is 2.30. The predicted molar refractivity (Wildman–Crippen MR) is 130 cm³/mol. The Bertz CT molecular complexity index is 1260. The van der Waals surface area contributed by atoms with Gasteiger partial charge < -0.3 is 25.3 Å². The van der Waals surface area contributed by atoms with Gasteiger partial charge in [-0.05, 0) is 60.7 Å². The summed E-state index contributed by atoms with van der Waals surface area (Å²) in [5.74, 6) is 0.238. The lowest BCUT2D eigenvalue weighted by atomic mass is 10.0. The van der Waals surface area contributed by atoms with Crippen LogP contribution in [0.2, 0.25) is 0 Å². The van der Waals surface area contributed by atoms with E-state index in [1.807, 2.05) is 24.3 Å². The van der Waals surface area contributed by atoms with Gasteiger partial charge in [-0.2, -0.15) is 0 Å². The van der Waals surface area contributed by atoms with Crippen LogP contribution in [0.5, 0.6) is 23.0 Å². The molecule has 1 heterocycles. The lowest BCUT2D eigenvalue weighted by Crippen LogP contribution is -2.54. The summed E-state index contributed by atoms with van der Waals surface area (Å²) >= 11 is 0. The van der Waals surface area contributed by atoms with Gasteiger partial charge in [-0.15, -0.1) is 0 Å². The Hall–Kier alpha value is -4.37. The fourth-order valence-corrected chi connectivity index (χ4v) is 3.60. The van der Waals surface area contributed by atoms with E-state index in [2.05, 4.69) is 15.6 Å². The maximum Gasteiger partial charge on any atom is 0.264 e. The number of primary amides is 1. The number of hydrogen-bond donors (Lipinski definition) is 3. The van der Waals surface area contributed by atoms with Crippen LogP contribution in [0.1, 0.15) is 11.1 Å². The van der Waals surface area contributed by atoms with E-state index in [4.69, 9.17) is 19.9 Å². The van der Waals surface area contributed by atoms with Gasteiger partial charge in [-0.25, -0.2) is 9.38 Å². The quantitative estimate of drug-likeness (QED) is 0.436. The lowest BCUT2D eigenvalue weighted by molar-refractivity contribution is -0.115. The Labute approximate surface area is 202 Å². The summed E-state index contributed by atoms with van der Waals surface area (Å²) < 4.78 is 29.7. The van der Waals surface area contributed by atoms with Crippen LogP contribution >= 0.6 is 0 Å². The maximum absolute atomic E-state index is 13.2. The summed E-state index contributed by atoms with van der Waals surface area (Å²) in [5.41, 5.74) is 7.31. The van der Waals surface area contributed by atoms with Crippen molar-refractivity contribution >= 4 is 12.1 Å². The number of allylic oxidation sites excluding steroid dienone is 1. The second-order valence-corrected chi connectivity index (χ2v) is 7.67. The minimum Gasteiger partial charge on any atom is -0.497 e. The van der Waals surface area contributed by atoms with E-state index in [1.165, 1.54) is 24.4 Å². The average molecular weight is 477 g/mol. The number of amides is 1. The fourth-order valence-electron chi connectivity index (χ4n) is 3.60. The number of rotatable bonds is 9. The van der Waals surface area contributed by atoms with Gasteiger partial charge in [0, 0.05) is 30.0 Å². The Morgan fingerprint density at radius 2 is 1.66 bits per heavy atom. The van der Waals surface area contributed by atoms with Crippen molar-refractivity contribution in [2.75, 3.05) is 14.2 Å². The third kappa shape index (κ3) is 5.42. The molecule has 3 aromatic carbocycles. The van der Waals surface area contributed by atoms with Crippen molar-refractivity contribution in [3.05, 3.63) is 95.4 Å². The van der Waals surface area contributed by atoms with E-state index in [0.29, 0.717) is 35.1 Å². The average Bonchev–Trinajstić information content (AvgIpc) is 2.89. The number of nitrogens with one attached hydrogen (secondary N) is 2. The fraction of sp³-hybridized carbons (Fsp3) is 0.154. The molecule has 35 heavy (non-hydrogen) atoms. The first-order valence-corrected chi connectivity index (χ1v) is 10.8. The molecule has 1 aliphatic rings. The van der Waals surface area contributed by atoms with Crippen LogP contribution in [0.25, 0.3) is 0 Å². The molecule has 0 fully saturated rings. The second kappa shape index (κ2) is 10.3. The third-order valence-corrected chi connectivity index (χ3v) is 5.44. The zero-order valence-electron chi connectivity index (χ0n) is 19.2. The van der Waals surface area contributed by atoms with Crippen LogP contribution < -0.4 is 30.6 Å². The normalized spacial score (nSPS) is 16.7. The molecular formula is C26H25FN4O4. The zero-order chi connectivity index (χ0) is 24.8. The van der Waals surface area contributed by atoms with Crippen LogP contribution in [0.15, 0.2) is 83.5 Å². The molecule has 0 saturated carbocycles. The first-order valence-electron chi connectivity index (χ1n) is 10.8. The summed E-state index contributed by atoms with van der Waals surface area (Å²) in [7, 11) is 3.17. The minimum atomic E-state index is -1.18. The number of ether oxygens (including phenoxy) is 3. The predicted octanol–water partition coefficient (Wildman–Crippen LogP) is 3.58. The molecule has 0 aliphatic carbocycles. The molecule has 1 atom stereocenters. The topological polar surface area (TPSA) is 107 Å². The molecule has 0 spiro atoms. The molecule has 9 heteroatoms. The van der Waals surface area contributed by atoms with E-state index >= 15 is 0 Å². The van der Waals surface area contributed by atoms with Crippen LogP contribution in [0.4, 0.5) is 4.39 Å². The molecule has 1 amide bonds. The molecule has 4 rings (SSSR count). The van der Waals surface area contributed by atoms with E-state index < -0.39 is 11.7 Å². The SMILES string of the molecule is COc1ccc(CNC2(c3ccc(Oc4ccc(F)cc4)cc3)N=CC=C(C(N)=O)N2)c(OC)c1. The first kappa shape index (κ1) is 23.8. The lowest BCUT2D eigenvalue weighted by Gasteiger charge is -2.35. The molecule has 1 aliphatic heterocycles. The first-order chi connectivity index (χ1) is 16.9. The van der Waals surface area contributed by atoms with Gasteiger partial charge in [-0.3, -0.25) is 10.1 Å². The number of nitrogens with zero attached hydrogens (tertiary/aromatic N) is 1. The standard InChI is InChI=1S/C26H25FN4O4/c1-33-22-8-3-17(24(15-22)34-2)16-30-26(29-14-13-23(31-26)25(28)32)18-4-9-20(10-5-18)35-21-11-6-19(27)7-12-21/h3-15,30-31H,16H2,1-2H3,(H2,28,32). The maximum atomic E-state index is 13.2. The molecule has 0 radical (unpaired) electrons. The summed E-state index contributed by atoms with van der Waals surface area (Å²) in [6, 6.07) is 18.4. The van der Waals surface area contributed by atoms with Gasteiger partial charge in [0.1, 0.15) is 34.5 Å². The highest BCUT2D eigenvalue weighted by Gasteiger charge is 2.34. The molecule has 0 saturated heterocycles. The Morgan fingerprint density at radius 3 is 2.29 bits per heavy atom. The van der Waals surface area contributed by atoms with Crippen LogP contribution in [-0.4, -0.2) is 26.3 Å². The van der Waals surface area contributed by atoms with Crippen molar-refractivity contribution in [1.29, 1.82) is 0 Å². The van der Waals surface area contributed by atoms with Crippen molar-refractivity contribution in [2.24, 2.45) is 10.7 Å². The number of nitrogens with two attached hydrogens (primary N) is 1. The summed E-state index contributed by atoms with van der Waals surface area (Å²) in [4.78, 5) is 16.5. The molecule has 4 N–H and O–H groups in total. The zero-order valence-corrected chi connectivity index (χ0v) is 19.2. The van der Waals surface area contributed by atoms with Gasteiger partial charge in [0.2, 0.25) is 5.79 Å². The van der Waals surface area contributed by atoms with Crippen molar-refractivity contribution in [3.8, 4) is 23.0 Å². The molecule has 1 unspecified atom stereocenters. The van der Waals surface area contributed by atoms with E-state index in [-0.39, 0.29) is 11.5 Å². The van der Waals surface area contributed by atoms with E-state index in [1.54, 1.807) is 44.6 Å². The molecular weight excluding hydrogens is 451 g/mol. The summed E-state index contributed by atoms with van der Waals surface area (Å²) in [6.07, 6.45) is 3.04. The van der Waals surface area contributed by atoms with Crippen molar-refractivity contribution < 1.29 is 23.4 Å². The van der Waals surface area contributed by atoms with Crippen LogP contribution in [-0.2, 0) is 17.1 Å². The smallest absolute Gasteiger partial charge is 0.264 e. The third-order valence-electron chi connectivity index (χ3n) is 5.44. The van der Waals surface area contributed by atoms with Crippen molar-refractivity contribution in [3.63, 3.8) is 0 Å².